The Labute approximate surface area is 130 Å². The van der Waals surface area contributed by atoms with Gasteiger partial charge in [0, 0.05) is 18.8 Å². The Morgan fingerprint density at radius 2 is 2.05 bits per heavy atom. The van der Waals surface area contributed by atoms with E-state index in [4.69, 9.17) is 9.25 Å². The Morgan fingerprint density at radius 1 is 1.27 bits per heavy atom. The number of furan rings is 1. The molecular formula is C18H21NO3. The molecule has 4 heteroatoms. The summed E-state index contributed by atoms with van der Waals surface area (Å²) in [6.07, 6.45) is 2.17. The molecule has 1 N–H and O–H groups in total. The second-order valence-corrected chi connectivity index (χ2v) is 5.92. The molecule has 1 heterocycles. The summed E-state index contributed by atoms with van der Waals surface area (Å²) in [5.41, 5.74) is 3.49. The molecule has 4 nitrogen and oxygen atoms in total. The van der Waals surface area contributed by atoms with E-state index in [-0.39, 0.29) is 5.91 Å². The number of hydrogen-bond donors (Lipinski definition) is 1. The summed E-state index contributed by atoms with van der Waals surface area (Å²) in [6, 6.07) is 13.7. The molecular weight excluding hydrogens is 278 g/mol. The van der Waals surface area contributed by atoms with Gasteiger partial charge >= 0.3 is 0 Å². The number of amides is 1. The van der Waals surface area contributed by atoms with Gasteiger partial charge < -0.3 is 4.42 Å². The van der Waals surface area contributed by atoms with E-state index in [0.717, 1.165) is 23.0 Å². The fraction of sp³-hybridized carbons (Fsp3) is 0.389. The second kappa shape index (κ2) is 6.79. The lowest BCUT2D eigenvalue weighted by Crippen LogP contribution is -2.23. The molecule has 2 atom stereocenters. The van der Waals surface area contributed by atoms with Crippen molar-refractivity contribution in [3.8, 4) is 0 Å². The van der Waals surface area contributed by atoms with Crippen molar-refractivity contribution in [2.24, 2.45) is 5.92 Å². The van der Waals surface area contributed by atoms with Crippen LogP contribution in [0.3, 0.4) is 0 Å². The van der Waals surface area contributed by atoms with Crippen LogP contribution in [0.25, 0.3) is 0 Å². The molecule has 1 saturated carbocycles. The summed E-state index contributed by atoms with van der Waals surface area (Å²) >= 11 is 0. The van der Waals surface area contributed by atoms with Gasteiger partial charge in [-0.25, -0.2) is 5.48 Å². The van der Waals surface area contributed by atoms with Crippen molar-refractivity contribution in [3.05, 3.63) is 59.5 Å². The number of hydrogen-bond acceptors (Lipinski definition) is 3. The number of benzene rings is 1. The van der Waals surface area contributed by atoms with Gasteiger partial charge in [-0.05, 0) is 30.0 Å². The maximum absolute atomic E-state index is 11.7. The predicted molar refractivity (Wildman–Crippen MR) is 82.9 cm³/mol. The highest BCUT2D eigenvalue weighted by molar-refractivity contribution is 5.74. The molecule has 0 aliphatic heterocycles. The van der Waals surface area contributed by atoms with Gasteiger partial charge in [0.25, 0.3) is 0 Å². The SMILES string of the molecule is CC1CC1c1ccc(CCC(=O)NOCc2ccccc2)o1. The third kappa shape index (κ3) is 3.98. The number of aryl methyl sites for hydroxylation is 1. The molecule has 1 aromatic carbocycles. The van der Waals surface area contributed by atoms with E-state index in [1.54, 1.807) is 0 Å². The Morgan fingerprint density at radius 3 is 2.77 bits per heavy atom. The zero-order valence-electron chi connectivity index (χ0n) is 12.7. The number of rotatable bonds is 7. The second-order valence-electron chi connectivity index (χ2n) is 5.92. The molecule has 2 aromatic rings. The van der Waals surface area contributed by atoms with Crippen LogP contribution in [-0.4, -0.2) is 5.91 Å². The van der Waals surface area contributed by atoms with Gasteiger partial charge in [-0.15, -0.1) is 0 Å². The smallest absolute Gasteiger partial charge is 0.243 e. The molecule has 1 fully saturated rings. The van der Waals surface area contributed by atoms with E-state index in [2.05, 4.69) is 12.4 Å². The lowest BCUT2D eigenvalue weighted by atomic mass is 10.2. The van der Waals surface area contributed by atoms with Gasteiger partial charge in [-0.1, -0.05) is 37.3 Å². The highest BCUT2D eigenvalue weighted by atomic mass is 16.6. The van der Waals surface area contributed by atoms with Gasteiger partial charge in [0.2, 0.25) is 5.91 Å². The Balaban J connectivity index is 1.36. The normalized spacial score (nSPS) is 19.9. The van der Waals surface area contributed by atoms with Crippen LogP contribution in [0, 0.1) is 5.92 Å². The molecule has 0 spiro atoms. The van der Waals surface area contributed by atoms with Crippen LogP contribution in [0.5, 0.6) is 0 Å². The first-order chi connectivity index (χ1) is 10.7. The van der Waals surface area contributed by atoms with E-state index < -0.39 is 0 Å². The van der Waals surface area contributed by atoms with E-state index in [9.17, 15) is 4.79 Å². The van der Waals surface area contributed by atoms with Crippen LogP contribution in [0.1, 0.15) is 42.8 Å². The molecule has 1 amide bonds. The van der Waals surface area contributed by atoms with Crippen LogP contribution >= 0.6 is 0 Å². The molecule has 22 heavy (non-hydrogen) atoms. The number of hydroxylamine groups is 1. The summed E-state index contributed by atoms with van der Waals surface area (Å²) < 4.78 is 5.78. The van der Waals surface area contributed by atoms with Crippen LogP contribution < -0.4 is 5.48 Å². The van der Waals surface area contributed by atoms with Crippen LogP contribution in [0.15, 0.2) is 46.9 Å². The zero-order chi connectivity index (χ0) is 15.4. The highest BCUT2D eigenvalue weighted by Gasteiger charge is 2.36. The van der Waals surface area contributed by atoms with Crippen molar-refractivity contribution in [1.82, 2.24) is 5.48 Å². The maximum Gasteiger partial charge on any atom is 0.243 e. The minimum absolute atomic E-state index is 0.131. The van der Waals surface area contributed by atoms with Crippen LogP contribution in [0.2, 0.25) is 0 Å². The summed E-state index contributed by atoms with van der Waals surface area (Å²) in [7, 11) is 0. The van der Waals surface area contributed by atoms with Crippen LogP contribution in [0.4, 0.5) is 0 Å². The van der Waals surface area contributed by atoms with E-state index in [0.29, 0.717) is 25.4 Å². The topological polar surface area (TPSA) is 51.5 Å². The number of nitrogens with one attached hydrogen (secondary N) is 1. The summed E-state index contributed by atoms with van der Waals surface area (Å²) in [5.74, 6) is 3.11. The summed E-state index contributed by atoms with van der Waals surface area (Å²) in [6.45, 7) is 2.60. The van der Waals surface area contributed by atoms with Gasteiger partial charge in [0.15, 0.2) is 0 Å². The standard InChI is InChI=1S/C18H21NO3/c1-13-11-16(13)17-9-7-15(22-17)8-10-18(20)19-21-12-14-5-3-2-4-6-14/h2-7,9,13,16H,8,10-12H2,1H3,(H,19,20). The number of carbonyl (C=O) groups is 1. The Kier molecular flexibility index (Phi) is 4.59. The molecule has 0 saturated heterocycles. The average molecular weight is 299 g/mol. The predicted octanol–water partition coefficient (Wildman–Crippen LogP) is 3.58. The summed E-state index contributed by atoms with van der Waals surface area (Å²) in [4.78, 5) is 16.9. The molecule has 0 radical (unpaired) electrons. The highest BCUT2D eigenvalue weighted by Crippen LogP contribution is 2.47. The summed E-state index contributed by atoms with van der Waals surface area (Å²) in [5, 5.41) is 0. The zero-order valence-corrected chi connectivity index (χ0v) is 12.7. The van der Waals surface area contributed by atoms with Gasteiger partial charge in [0.05, 0.1) is 6.61 Å². The minimum atomic E-state index is -0.131. The average Bonchev–Trinajstić information content (AvgIpc) is 3.08. The number of carbonyl (C=O) groups excluding carboxylic acids is 1. The first kappa shape index (κ1) is 14.9. The van der Waals surface area contributed by atoms with Gasteiger partial charge in [0.1, 0.15) is 11.5 Å². The molecule has 2 unspecified atom stereocenters. The van der Waals surface area contributed by atoms with Crippen molar-refractivity contribution in [2.75, 3.05) is 0 Å². The van der Waals surface area contributed by atoms with Crippen molar-refractivity contribution in [3.63, 3.8) is 0 Å². The van der Waals surface area contributed by atoms with Crippen LogP contribution in [-0.2, 0) is 22.7 Å². The van der Waals surface area contributed by atoms with Gasteiger partial charge in [-0.3, -0.25) is 9.63 Å². The van der Waals surface area contributed by atoms with Gasteiger partial charge in [-0.2, -0.15) is 0 Å². The molecule has 1 aliphatic carbocycles. The Bertz CT molecular complexity index is 620. The van der Waals surface area contributed by atoms with E-state index in [1.807, 2.05) is 42.5 Å². The minimum Gasteiger partial charge on any atom is -0.466 e. The van der Waals surface area contributed by atoms with Crippen molar-refractivity contribution in [2.45, 2.75) is 38.7 Å². The lowest BCUT2D eigenvalue weighted by molar-refractivity contribution is -0.134. The largest absolute Gasteiger partial charge is 0.466 e. The fourth-order valence-corrected chi connectivity index (χ4v) is 2.51. The molecule has 1 aromatic heterocycles. The Hall–Kier alpha value is -2.07. The van der Waals surface area contributed by atoms with E-state index >= 15 is 0 Å². The lowest BCUT2D eigenvalue weighted by Gasteiger charge is -2.05. The molecule has 0 bridgehead atoms. The first-order valence-corrected chi connectivity index (χ1v) is 7.75. The first-order valence-electron chi connectivity index (χ1n) is 7.75. The van der Waals surface area contributed by atoms with Crippen molar-refractivity contribution in [1.29, 1.82) is 0 Å². The quantitative estimate of drug-likeness (QED) is 0.795. The third-order valence-corrected chi connectivity index (χ3v) is 4.02. The van der Waals surface area contributed by atoms with E-state index in [1.165, 1.54) is 6.42 Å². The molecule has 3 rings (SSSR count). The van der Waals surface area contributed by atoms with Crippen molar-refractivity contribution < 1.29 is 14.0 Å². The molecule has 1 aliphatic rings. The molecule has 116 valence electrons. The fourth-order valence-electron chi connectivity index (χ4n) is 2.51. The third-order valence-electron chi connectivity index (χ3n) is 4.02. The van der Waals surface area contributed by atoms with Crippen molar-refractivity contribution >= 4 is 5.91 Å². The maximum atomic E-state index is 11.7. The monoisotopic (exact) mass is 299 g/mol.